The molecule has 1 atom stereocenters. The van der Waals surface area contributed by atoms with Crippen molar-refractivity contribution < 1.29 is 4.79 Å². The van der Waals surface area contributed by atoms with E-state index in [9.17, 15) is 4.79 Å². The Morgan fingerprint density at radius 2 is 2.03 bits per heavy atom. The number of carbonyl (C=O) groups is 1. The molecule has 1 unspecified atom stereocenters. The molecular formula is C23H25N5O. The van der Waals surface area contributed by atoms with Crippen LogP contribution in [-0.4, -0.2) is 43.6 Å². The maximum absolute atomic E-state index is 13.1. The first-order valence-electron chi connectivity index (χ1n) is 10.4. The molecule has 0 radical (unpaired) electrons. The molecule has 6 heteroatoms. The quantitative estimate of drug-likeness (QED) is 0.690. The maximum Gasteiger partial charge on any atom is 0.257 e. The second kappa shape index (κ2) is 7.10. The third kappa shape index (κ3) is 3.12. The normalized spacial score (nSPS) is 20.8. The van der Waals surface area contributed by atoms with Crippen LogP contribution in [0.15, 0.2) is 48.9 Å². The van der Waals surface area contributed by atoms with Gasteiger partial charge in [0.2, 0.25) is 0 Å². The fraction of sp³-hybridized carbons (Fsp3) is 0.391. The first-order chi connectivity index (χ1) is 14.2. The van der Waals surface area contributed by atoms with Crippen molar-refractivity contribution in [2.75, 3.05) is 13.1 Å². The largest absolute Gasteiger partial charge is 0.338 e. The topological polar surface area (TPSA) is 63.9 Å². The zero-order chi connectivity index (χ0) is 19.8. The lowest BCUT2D eigenvalue weighted by Gasteiger charge is -2.40. The van der Waals surface area contributed by atoms with Gasteiger partial charge in [0.25, 0.3) is 5.91 Å². The van der Waals surface area contributed by atoms with Crippen molar-refractivity contribution in [3.8, 4) is 11.4 Å². The van der Waals surface area contributed by atoms with Gasteiger partial charge in [0, 0.05) is 43.0 Å². The number of benzene rings is 1. The molecule has 1 spiro atoms. The number of nitrogens with zero attached hydrogens (tertiary/aromatic N) is 5. The molecule has 1 aliphatic heterocycles. The standard InChI is InChI=1S/C23H25N5O/c1-2-28-15-19(14-25-28)22(29)27-12-6-10-23(16-27)11-9-18-13-24-21(26-20(18)23)17-7-4-3-5-8-17/h3-5,7-8,13-15H,2,6,9-12,16H2,1H3. The van der Waals surface area contributed by atoms with E-state index in [0.717, 1.165) is 62.4 Å². The van der Waals surface area contributed by atoms with Crippen LogP contribution in [0.4, 0.5) is 0 Å². The van der Waals surface area contributed by atoms with Crippen LogP contribution in [0.3, 0.4) is 0 Å². The highest BCUT2D eigenvalue weighted by molar-refractivity contribution is 5.93. The highest BCUT2D eigenvalue weighted by Gasteiger charge is 2.45. The van der Waals surface area contributed by atoms with Gasteiger partial charge in [0.05, 0.1) is 17.5 Å². The smallest absolute Gasteiger partial charge is 0.257 e. The van der Waals surface area contributed by atoms with Crippen LogP contribution < -0.4 is 0 Å². The minimum atomic E-state index is -0.0591. The van der Waals surface area contributed by atoms with Crippen LogP contribution >= 0.6 is 0 Å². The highest BCUT2D eigenvalue weighted by Crippen LogP contribution is 2.44. The van der Waals surface area contributed by atoms with E-state index in [-0.39, 0.29) is 11.3 Å². The van der Waals surface area contributed by atoms with Crippen LogP contribution in [-0.2, 0) is 18.4 Å². The van der Waals surface area contributed by atoms with Gasteiger partial charge in [-0.15, -0.1) is 0 Å². The molecule has 3 aromatic rings. The molecule has 1 fully saturated rings. The van der Waals surface area contributed by atoms with Gasteiger partial charge >= 0.3 is 0 Å². The van der Waals surface area contributed by atoms with Crippen molar-refractivity contribution in [3.05, 3.63) is 65.7 Å². The Balaban J connectivity index is 1.45. The van der Waals surface area contributed by atoms with Crippen LogP contribution in [0.1, 0.15) is 47.8 Å². The first kappa shape index (κ1) is 18.0. The fourth-order valence-corrected chi connectivity index (χ4v) is 4.80. The number of rotatable bonds is 3. The number of likely N-dealkylation sites (tertiary alicyclic amines) is 1. The summed E-state index contributed by atoms with van der Waals surface area (Å²) in [5, 5.41) is 4.27. The Hall–Kier alpha value is -3.02. The fourth-order valence-electron chi connectivity index (χ4n) is 4.80. The van der Waals surface area contributed by atoms with E-state index in [0.29, 0.717) is 5.56 Å². The van der Waals surface area contributed by atoms with E-state index < -0.39 is 0 Å². The van der Waals surface area contributed by atoms with Crippen molar-refractivity contribution in [1.82, 2.24) is 24.6 Å². The molecule has 1 saturated heterocycles. The van der Waals surface area contributed by atoms with Crippen molar-refractivity contribution in [3.63, 3.8) is 0 Å². The van der Waals surface area contributed by atoms with Crippen LogP contribution in [0, 0.1) is 0 Å². The summed E-state index contributed by atoms with van der Waals surface area (Å²) in [6.07, 6.45) is 9.62. The van der Waals surface area contributed by atoms with Crippen molar-refractivity contribution in [1.29, 1.82) is 0 Å². The number of fused-ring (bicyclic) bond motifs is 2. The van der Waals surface area contributed by atoms with Gasteiger partial charge in [-0.2, -0.15) is 5.10 Å². The Morgan fingerprint density at radius 3 is 2.83 bits per heavy atom. The third-order valence-electron chi connectivity index (χ3n) is 6.34. The summed E-state index contributed by atoms with van der Waals surface area (Å²) in [5.74, 6) is 0.855. The summed E-state index contributed by atoms with van der Waals surface area (Å²) >= 11 is 0. The molecule has 0 saturated carbocycles. The number of aryl methyl sites for hydroxylation is 2. The minimum absolute atomic E-state index is 0.0591. The summed E-state index contributed by atoms with van der Waals surface area (Å²) in [7, 11) is 0. The summed E-state index contributed by atoms with van der Waals surface area (Å²) < 4.78 is 1.80. The van der Waals surface area contributed by atoms with Gasteiger partial charge in [-0.3, -0.25) is 9.48 Å². The molecule has 6 nitrogen and oxygen atoms in total. The lowest BCUT2D eigenvalue weighted by atomic mass is 9.77. The molecule has 0 bridgehead atoms. The SMILES string of the molecule is CCn1cc(C(=O)N2CCCC3(CCc4cnc(-c5ccccc5)nc43)C2)cn1. The number of piperidine rings is 1. The van der Waals surface area contributed by atoms with E-state index in [2.05, 4.69) is 10.1 Å². The number of carbonyl (C=O) groups excluding carboxylic acids is 1. The lowest BCUT2D eigenvalue weighted by Crippen LogP contribution is -2.48. The van der Waals surface area contributed by atoms with Gasteiger partial charge < -0.3 is 4.90 Å². The number of hydrogen-bond acceptors (Lipinski definition) is 4. The Kier molecular flexibility index (Phi) is 4.42. The number of aromatic nitrogens is 4. The van der Waals surface area contributed by atoms with Crippen LogP contribution in [0.25, 0.3) is 11.4 Å². The molecule has 2 aromatic heterocycles. The lowest BCUT2D eigenvalue weighted by molar-refractivity contribution is 0.0633. The Labute approximate surface area is 170 Å². The molecule has 2 aliphatic rings. The molecule has 148 valence electrons. The zero-order valence-corrected chi connectivity index (χ0v) is 16.7. The van der Waals surface area contributed by atoms with Crippen LogP contribution in [0.5, 0.6) is 0 Å². The van der Waals surface area contributed by atoms with E-state index in [4.69, 9.17) is 4.98 Å². The summed E-state index contributed by atoms with van der Waals surface area (Å²) in [5.41, 5.74) is 4.03. The monoisotopic (exact) mass is 387 g/mol. The minimum Gasteiger partial charge on any atom is -0.338 e. The summed E-state index contributed by atoms with van der Waals surface area (Å²) in [6.45, 7) is 4.31. The second-order valence-electron chi connectivity index (χ2n) is 8.13. The van der Waals surface area contributed by atoms with E-state index in [1.807, 2.05) is 54.5 Å². The summed E-state index contributed by atoms with van der Waals surface area (Å²) in [4.78, 5) is 24.7. The first-order valence-corrected chi connectivity index (χ1v) is 10.4. The predicted molar refractivity (Wildman–Crippen MR) is 111 cm³/mol. The third-order valence-corrected chi connectivity index (χ3v) is 6.34. The number of amides is 1. The van der Waals surface area contributed by atoms with E-state index in [1.165, 1.54) is 5.56 Å². The van der Waals surface area contributed by atoms with Gasteiger partial charge in [-0.25, -0.2) is 9.97 Å². The molecule has 0 N–H and O–H groups in total. The maximum atomic E-state index is 13.1. The average molecular weight is 387 g/mol. The Morgan fingerprint density at radius 1 is 1.17 bits per heavy atom. The van der Waals surface area contributed by atoms with Crippen molar-refractivity contribution in [2.45, 2.75) is 44.6 Å². The Bertz CT molecular complexity index is 1040. The van der Waals surface area contributed by atoms with Crippen molar-refractivity contribution >= 4 is 5.91 Å². The second-order valence-corrected chi connectivity index (χ2v) is 8.13. The molecule has 3 heterocycles. The van der Waals surface area contributed by atoms with Gasteiger partial charge in [-0.1, -0.05) is 30.3 Å². The zero-order valence-electron chi connectivity index (χ0n) is 16.7. The van der Waals surface area contributed by atoms with Crippen LogP contribution in [0.2, 0.25) is 0 Å². The molecule has 29 heavy (non-hydrogen) atoms. The molecule has 5 rings (SSSR count). The van der Waals surface area contributed by atoms with E-state index >= 15 is 0 Å². The highest BCUT2D eigenvalue weighted by atomic mass is 16.2. The van der Waals surface area contributed by atoms with E-state index in [1.54, 1.807) is 10.9 Å². The van der Waals surface area contributed by atoms with Gasteiger partial charge in [-0.05, 0) is 38.2 Å². The average Bonchev–Trinajstić information content (AvgIpc) is 3.39. The van der Waals surface area contributed by atoms with Crippen molar-refractivity contribution in [2.24, 2.45) is 0 Å². The molecular weight excluding hydrogens is 362 g/mol. The summed E-state index contributed by atoms with van der Waals surface area (Å²) in [6, 6.07) is 10.1. The van der Waals surface area contributed by atoms with Gasteiger partial charge in [0.15, 0.2) is 5.82 Å². The van der Waals surface area contributed by atoms with Gasteiger partial charge in [0.1, 0.15) is 0 Å². The molecule has 1 aromatic carbocycles. The number of hydrogen-bond donors (Lipinski definition) is 0. The molecule has 1 amide bonds. The molecule has 1 aliphatic carbocycles. The predicted octanol–water partition coefficient (Wildman–Crippen LogP) is 3.48.